The molecule has 0 spiro atoms. The van der Waals surface area contributed by atoms with E-state index in [9.17, 15) is 5.11 Å². The zero-order valence-electron chi connectivity index (χ0n) is 16.0. The standard InChI is InChI=1S/C23H18BrClN2O3/c1-29-16-6-2-13(3-7-16)19-12-20-17-10-14(24)4-9-22(17)30-23(27(20)26-19)18-11-15(25)5-8-21(18)28/h2-11,20,23,28H,12H2,1H3/t20-,23-/m0/s1. The second-order valence-corrected chi connectivity index (χ2v) is 8.58. The van der Waals surface area contributed by atoms with Gasteiger partial charge in [0.15, 0.2) is 0 Å². The first-order valence-electron chi connectivity index (χ1n) is 9.48. The number of methoxy groups -OCH3 is 1. The van der Waals surface area contributed by atoms with E-state index in [1.54, 1.807) is 25.3 Å². The van der Waals surface area contributed by atoms with E-state index in [1.165, 1.54) is 0 Å². The maximum absolute atomic E-state index is 10.5. The molecule has 0 unspecified atom stereocenters. The molecule has 7 heteroatoms. The lowest BCUT2D eigenvalue weighted by Crippen LogP contribution is -2.33. The SMILES string of the molecule is COc1ccc(C2=NN3[C@@H](C2)c2cc(Br)ccc2O[C@H]3c2cc(Cl)ccc2O)cc1. The van der Waals surface area contributed by atoms with Gasteiger partial charge in [0.1, 0.15) is 17.2 Å². The van der Waals surface area contributed by atoms with Gasteiger partial charge in [-0.3, -0.25) is 0 Å². The van der Waals surface area contributed by atoms with Gasteiger partial charge in [-0.25, -0.2) is 5.01 Å². The summed E-state index contributed by atoms with van der Waals surface area (Å²) >= 11 is 9.78. The highest BCUT2D eigenvalue weighted by molar-refractivity contribution is 9.10. The molecule has 5 rings (SSSR count). The Hall–Kier alpha value is -2.70. The third kappa shape index (κ3) is 3.30. The van der Waals surface area contributed by atoms with Gasteiger partial charge in [0.2, 0.25) is 6.23 Å². The fourth-order valence-electron chi connectivity index (χ4n) is 3.94. The fourth-order valence-corrected chi connectivity index (χ4v) is 4.50. The number of nitrogens with zero attached hydrogens (tertiary/aromatic N) is 2. The Morgan fingerprint density at radius 1 is 1.10 bits per heavy atom. The quantitative estimate of drug-likeness (QED) is 0.490. The summed E-state index contributed by atoms with van der Waals surface area (Å²) in [6, 6.07) is 18.8. The summed E-state index contributed by atoms with van der Waals surface area (Å²) in [5, 5.41) is 17.9. The summed E-state index contributed by atoms with van der Waals surface area (Å²) in [5.41, 5.74) is 3.61. The van der Waals surface area contributed by atoms with Crippen molar-refractivity contribution in [1.82, 2.24) is 5.01 Å². The summed E-state index contributed by atoms with van der Waals surface area (Å²) in [6.45, 7) is 0. The summed E-state index contributed by atoms with van der Waals surface area (Å²) in [5.74, 6) is 1.70. The van der Waals surface area contributed by atoms with Crippen molar-refractivity contribution < 1.29 is 14.6 Å². The molecule has 2 atom stereocenters. The second kappa shape index (κ2) is 7.52. The molecule has 0 aromatic heterocycles. The van der Waals surface area contributed by atoms with Gasteiger partial charge in [-0.1, -0.05) is 27.5 Å². The Morgan fingerprint density at radius 2 is 1.90 bits per heavy atom. The summed E-state index contributed by atoms with van der Waals surface area (Å²) < 4.78 is 12.6. The number of aromatic hydroxyl groups is 1. The first-order valence-corrected chi connectivity index (χ1v) is 10.7. The van der Waals surface area contributed by atoms with E-state index in [0.29, 0.717) is 10.6 Å². The highest BCUT2D eigenvalue weighted by Gasteiger charge is 2.42. The number of halogens is 2. The van der Waals surface area contributed by atoms with Gasteiger partial charge >= 0.3 is 0 Å². The first kappa shape index (κ1) is 19.3. The van der Waals surface area contributed by atoms with E-state index < -0.39 is 6.23 Å². The maximum atomic E-state index is 10.5. The van der Waals surface area contributed by atoms with Crippen molar-refractivity contribution in [2.75, 3.05) is 7.11 Å². The Morgan fingerprint density at radius 3 is 2.67 bits per heavy atom. The minimum Gasteiger partial charge on any atom is -0.507 e. The molecular weight excluding hydrogens is 468 g/mol. The Balaban J connectivity index is 1.61. The minimum atomic E-state index is -0.585. The van der Waals surface area contributed by atoms with Crippen LogP contribution in [0.1, 0.15) is 35.4 Å². The van der Waals surface area contributed by atoms with E-state index in [-0.39, 0.29) is 11.8 Å². The second-order valence-electron chi connectivity index (χ2n) is 7.23. The topological polar surface area (TPSA) is 54.3 Å². The molecule has 0 saturated heterocycles. The molecule has 3 aromatic rings. The van der Waals surface area contributed by atoms with Crippen LogP contribution >= 0.6 is 27.5 Å². The van der Waals surface area contributed by atoms with E-state index >= 15 is 0 Å². The number of benzene rings is 3. The van der Waals surface area contributed by atoms with Crippen LogP contribution in [0.3, 0.4) is 0 Å². The highest BCUT2D eigenvalue weighted by atomic mass is 79.9. The third-order valence-electron chi connectivity index (χ3n) is 5.43. The van der Waals surface area contributed by atoms with E-state index in [4.69, 9.17) is 26.2 Å². The van der Waals surface area contributed by atoms with Crippen molar-refractivity contribution in [1.29, 1.82) is 0 Å². The van der Waals surface area contributed by atoms with Crippen molar-refractivity contribution >= 4 is 33.2 Å². The number of fused-ring (bicyclic) bond motifs is 3. The van der Waals surface area contributed by atoms with Gasteiger partial charge in [-0.2, -0.15) is 5.10 Å². The number of phenolic OH excluding ortho intramolecular Hbond substituents is 1. The zero-order valence-corrected chi connectivity index (χ0v) is 18.4. The lowest BCUT2D eigenvalue weighted by atomic mass is 9.96. The molecule has 152 valence electrons. The van der Waals surface area contributed by atoms with E-state index in [2.05, 4.69) is 22.0 Å². The fraction of sp³-hybridized carbons (Fsp3) is 0.174. The maximum Gasteiger partial charge on any atom is 0.217 e. The molecular formula is C23H18BrClN2O3. The average Bonchev–Trinajstić information content (AvgIpc) is 3.21. The molecule has 1 N–H and O–H groups in total. The van der Waals surface area contributed by atoms with Crippen LogP contribution in [-0.2, 0) is 0 Å². The van der Waals surface area contributed by atoms with Crippen LogP contribution in [0.25, 0.3) is 0 Å². The molecule has 0 fully saturated rings. The van der Waals surface area contributed by atoms with Crippen molar-refractivity contribution in [3.8, 4) is 17.2 Å². The van der Waals surface area contributed by atoms with Crippen LogP contribution in [0, 0.1) is 0 Å². The lowest BCUT2D eigenvalue weighted by Gasteiger charge is -2.38. The Bertz CT molecular complexity index is 1150. The molecule has 3 aromatic carbocycles. The minimum absolute atomic E-state index is 0.0215. The Labute approximate surface area is 187 Å². The van der Waals surface area contributed by atoms with E-state index in [0.717, 1.165) is 39.2 Å². The largest absolute Gasteiger partial charge is 0.507 e. The lowest BCUT2D eigenvalue weighted by molar-refractivity contribution is -0.0203. The summed E-state index contributed by atoms with van der Waals surface area (Å²) in [4.78, 5) is 0. The molecule has 0 bridgehead atoms. The molecule has 0 saturated carbocycles. The number of hydrogen-bond acceptors (Lipinski definition) is 5. The van der Waals surface area contributed by atoms with Crippen molar-refractivity contribution in [3.63, 3.8) is 0 Å². The van der Waals surface area contributed by atoms with Gasteiger partial charge in [0.25, 0.3) is 0 Å². The number of hydrogen-bond donors (Lipinski definition) is 1. The average molecular weight is 486 g/mol. The zero-order chi connectivity index (χ0) is 20.8. The molecule has 2 aliphatic rings. The van der Waals surface area contributed by atoms with Crippen LogP contribution in [0.2, 0.25) is 5.02 Å². The molecule has 2 heterocycles. The number of ether oxygens (including phenoxy) is 2. The normalized spacial score (nSPS) is 19.6. The van der Waals surface area contributed by atoms with Crippen molar-refractivity contribution in [2.45, 2.75) is 18.7 Å². The number of rotatable bonds is 3. The first-order chi connectivity index (χ1) is 14.5. The number of hydrazone groups is 1. The monoisotopic (exact) mass is 484 g/mol. The molecule has 5 nitrogen and oxygen atoms in total. The van der Waals surface area contributed by atoms with Gasteiger partial charge in [0.05, 0.1) is 24.4 Å². The van der Waals surface area contributed by atoms with Crippen LogP contribution < -0.4 is 9.47 Å². The Kier molecular flexibility index (Phi) is 4.83. The predicted molar refractivity (Wildman–Crippen MR) is 119 cm³/mol. The van der Waals surface area contributed by atoms with Gasteiger partial charge < -0.3 is 14.6 Å². The van der Waals surface area contributed by atoms with Gasteiger partial charge in [-0.05, 0) is 66.2 Å². The highest BCUT2D eigenvalue weighted by Crippen LogP contribution is 2.49. The number of phenols is 1. The smallest absolute Gasteiger partial charge is 0.217 e. The van der Waals surface area contributed by atoms with Crippen LogP contribution in [-0.4, -0.2) is 22.9 Å². The molecule has 30 heavy (non-hydrogen) atoms. The van der Waals surface area contributed by atoms with Crippen LogP contribution in [0.4, 0.5) is 0 Å². The van der Waals surface area contributed by atoms with E-state index in [1.807, 2.05) is 41.4 Å². The van der Waals surface area contributed by atoms with Crippen LogP contribution in [0.15, 0.2) is 70.2 Å². The summed E-state index contributed by atoms with van der Waals surface area (Å²) in [6.07, 6.45) is 0.134. The van der Waals surface area contributed by atoms with Gasteiger partial charge in [-0.15, -0.1) is 0 Å². The van der Waals surface area contributed by atoms with Crippen LogP contribution in [0.5, 0.6) is 17.2 Å². The molecule has 2 aliphatic heterocycles. The molecule has 0 aliphatic carbocycles. The predicted octanol–water partition coefficient (Wildman–Crippen LogP) is 6.06. The third-order valence-corrected chi connectivity index (χ3v) is 6.16. The molecule has 0 radical (unpaired) electrons. The van der Waals surface area contributed by atoms with Crippen molar-refractivity contribution in [2.24, 2.45) is 5.10 Å². The van der Waals surface area contributed by atoms with Gasteiger partial charge in [0, 0.05) is 21.5 Å². The molecule has 0 amide bonds. The van der Waals surface area contributed by atoms with Crippen molar-refractivity contribution in [3.05, 3.63) is 86.8 Å². The summed E-state index contributed by atoms with van der Waals surface area (Å²) in [7, 11) is 1.65.